The molecule has 0 aliphatic carbocycles. The highest BCUT2D eigenvalue weighted by molar-refractivity contribution is 7.99. The molecule has 2 nitrogen and oxygen atoms in total. The molecule has 1 unspecified atom stereocenters. The van der Waals surface area contributed by atoms with Crippen molar-refractivity contribution >= 4 is 17.7 Å². The van der Waals surface area contributed by atoms with Gasteiger partial charge in [0, 0.05) is 0 Å². The molecule has 1 atom stereocenters. The van der Waals surface area contributed by atoms with Gasteiger partial charge in [-0.05, 0) is 13.2 Å². The predicted molar refractivity (Wildman–Crippen MR) is 44.5 cm³/mol. The van der Waals surface area contributed by atoms with Crippen LogP contribution in [0.25, 0.3) is 0 Å². The van der Waals surface area contributed by atoms with E-state index in [-0.39, 0.29) is 11.2 Å². The van der Waals surface area contributed by atoms with Gasteiger partial charge in [0.2, 0.25) is 5.91 Å². The molecule has 0 aromatic carbocycles. The molecule has 1 aliphatic rings. The molecular weight excluding hydrogens is 165 g/mol. The van der Waals surface area contributed by atoms with Crippen LogP contribution in [-0.4, -0.2) is 41.6 Å². The van der Waals surface area contributed by atoms with Gasteiger partial charge in [-0.1, -0.05) is 0 Å². The van der Waals surface area contributed by atoms with E-state index in [1.807, 2.05) is 13.2 Å². The maximum absolute atomic E-state index is 12.3. The Morgan fingerprint density at radius 1 is 1.73 bits per heavy atom. The van der Waals surface area contributed by atoms with Gasteiger partial charge in [-0.25, -0.2) is 4.39 Å². The number of nitrogens with zero attached hydrogens (tertiary/aromatic N) is 1. The van der Waals surface area contributed by atoms with Crippen molar-refractivity contribution in [3.63, 3.8) is 0 Å². The number of hydrogen-bond donors (Lipinski definition) is 0. The van der Waals surface area contributed by atoms with Gasteiger partial charge >= 0.3 is 0 Å². The van der Waals surface area contributed by atoms with Crippen molar-refractivity contribution in [1.82, 2.24) is 4.90 Å². The molecule has 0 bridgehead atoms. The summed E-state index contributed by atoms with van der Waals surface area (Å²) in [5.41, 5.74) is 0. The van der Waals surface area contributed by atoms with Crippen LogP contribution in [0.4, 0.5) is 4.39 Å². The molecule has 1 aliphatic heterocycles. The van der Waals surface area contributed by atoms with Crippen LogP contribution in [0.1, 0.15) is 6.92 Å². The molecule has 1 heterocycles. The van der Waals surface area contributed by atoms with Crippen LogP contribution in [0.3, 0.4) is 0 Å². The minimum Gasteiger partial charge on any atom is -0.336 e. The van der Waals surface area contributed by atoms with Gasteiger partial charge < -0.3 is 4.90 Å². The normalized spacial score (nSPS) is 21.2. The number of carbonyl (C=O) groups is 1. The lowest BCUT2D eigenvalue weighted by molar-refractivity contribution is -0.137. The molecule has 0 aromatic rings. The molecule has 0 saturated carbocycles. The molecule has 4 heteroatoms. The van der Waals surface area contributed by atoms with Crippen molar-refractivity contribution in [1.29, 1.82) is 0 Å². The standard InChI is InChI=1S/C7H12FNOS/c1-5(11-2)7(10)9-3-6(8)4-9/h5-6H,3-4H2,1-2H3. The fourth-order valence-corrected chi connectivity index (χ4v) is 1.31. The third-order valence-corrected chi connectivity index (χ3v) is 2.76. The molecule has 11 heavy (non-hydrogen) atoms. The molecule has 0 N–H and O–H groups in total. The van der Waals surface area contributed by atoms with Crippen LogP contribution >= 0.6 is 11.8 Å². The third kappa shape index (κ3) is 1.86. The van der Waals surface area contributed by atoms with E-state index < -0.39 is 6.17 Å². The molecule has 1 fully saturated rings. The first-order chi connectivity index (χ1) is 5.15. The maximum Gasteiger partial charge on any atom is 0.235 e. The highest BCUT2D eigenvalue weighted by Crippen LogP contribution is 2.16. The Bertz CT molecular complexity index is 159. The first-order valence-corrected chi connectivity index (χ1v) is 4.89. The Hall–Kier alpha value is -0.250. The van der Waals surface area contributed by atoms with Crippen molar-refractivity contribution in [2.24, 2.45) is 0 Å². The number of hydrogen-bond acceptors (Lipinski definition) is 2. The first-order valence-electron chi connectivity index (χ1n) is 3.60. The van der Waals surface area contributed by atoms with Gasteiger partial charge in [-0.15, -0.1) is 0 Å². The number of carbonyl (C=O) groups excluding carboxylic acids is 1. The van der Waals surface area contributed by atoms with E-state index in [4.69, 9.17) is 0 Å². The van der Waals surface area contributed by atoms with Crippen molar-refractivity contribution in [2.45, 2.75) is 18.3 Å². The summed E-state index contributed by atoms with van der Waals surface area (Å²) in [4.78, 5) is 12.8. The second-order valence-corrected chi connectivity index (χ2v) is 3.90. The highest BCUT2D eigenvalue weighted by atomic mass is 32.2. The van der Waals surface area contributed by atoms with Crippen LogP contribution in [0.5, 0.6) is 0 Å². The summed E-state index contributed by atoms with van der Waals surface area (Å²) in [6.07, 6.45) is 1.10. The maximum atomic E-state index is 12.3. The Morgan fingerprint density at radius 2 is 2.27 bits per heavy atom. The van der Waals surface area contributed by atoms with E-state index >= 15 is 0 Å². The van der Waals surface area contributed by atoms with Crippen LogP contribution < -0.4 is 0 Å². The molecule has 1 amide bonds. The summed E-state index contributed by atoms with van der Waals surface area (Å²) >= 11 is 1.50. The van der Waals surface area contributed by atoms with Crippen molar-refractivity contribution in [3.05, 3.63) is 0 Å². The lowest BCUT2D eigenvalue weighted by atomic mass is 10.2. The summed E-state index contributed by atoms with van der Waals surface area (Å²) in [5, 5.41) is -0.0255. The smallest absolute Gasteiger partial charge is 0.235 e. The average molecular weight is 177 g/mol. The van der Waals surface area contributed by atoms with Crippen molar-refractivity contribution in [2.75, 3.05) is 19.3 Å². The Morgan fingerprint density at radius 3 is 2.64 bits per heavy atom. The van der Waals surface area contributed by atoms with Crippen LogP contribution in [-0.2, 0) is 4.79 Å². The summed E-state index contributed by atoms with van der Waals surface area (Å²) in [7, 11) is 0. The van der Waals surface area contributed by atoms with Gasteiger partial charge in [0.05, 0.1) is 18.3 Å². The topological polar surface area (TPSA) is 20.3 Å². The van der Waals surface area contributed by atoms with Crippen LogP contribution in [0.15, 0.2) is 0 Å². The average Bonchev–Trinajstić information content (AvgIpc) is 1.96. The van der Waals surface area contributed by atoms with Gasteiger partial charge in [0.25, 0.3) is 0 Å². The fourth-order valence-electron chi connectivity index (χ4n) is 0.963. The third-order valence-electron chi connectivity index (χ3n) is 1.85. The molecule has 0 radical (unpaired) electrons. The number of alkyl halides is 1. The first kappa shape index (κ1) is 8.84. The van der Waals surface area contributed by atoms with E-state index in [0.717, 1.165) is 0 Å². The monoisotopic (exact) mass is 177 g/mol. The second-order valence-electron chi connectivity index (χ2n) is 2.72. The predicted octanol–water partition coefficient (Wildman–Crippen LogP) is 0.918. The Balaban J connectivity index is 2.31. The number of amides is 1. The molecule has 64 valence electrons. The van der Waals surface area contributed by atoms with E-state index in [1.165, 1.54) is 11.8 Å². The largest absolute Gasteiger partial charge is 0.336 e. The zero-order valence-electron chi connectivity index (χ0n) is 6.71. The summed E-state index contributed by atoms with van der Waals surface area (Å²) in [6, 6.07) is 0. The highest BCUT2D eigenvalue weighted by Gasteiger charge is 2.32. The Labute approximate surface area is 70.1 Å². The zero-order valence-corrected chi connectivity index (χ0v) is 7.53. The van der Waals surface area contributed by atoms with E-state index in [9.17, 15) is 9.18 Å². The molecule has 1 rings (SSSR count). The van der Waals surface area contributed by atoms with Gasteiger partial charge in [-0.3, -0.25) is 4.79 Å². The Kier molecular flexibility index (Phi) is 2.76. The van der Waals surface area contributed by atoms with Crippen molar-refractivity contribution < 1.29 is 9.18 Å². The van der Waals surface area contributed by atoms with Crippen LogP contribution in [0.2, 0.25) is 0 Å². The second kappa shape index (κ2) is 3.43. The van der Waals surface area contributed by atoms with Gasteiger partial charge in [0.1, 0.15) is 6.17 Å². The number of halogens is 1. The van der Waals surface area contributed by atoms with E-state index in [1.54, 1.807) is 4.90 Å². The SMILES string of the molecule is CSC(C)C(=O)N1CC(F)C1. The summed E-state index contributed by atoms with van der Waals surface area (Å²) in [6.45, 7) is 2.44. The minimum atomic E-state index is -0.784. The number of rotatable bonds is 2. The lowest BCUT2D eigenvalue weighted by Crippen LogP contribution is -2.53. The van der Waals surface area contributed by atoms with Gasteiger partial charge in [-0.2, -0.15) is 11.8 Å². The molecule has 1 saturated heterocycles. The zero-order chi connectivity index (χ0) is 8.43. The van der Waals surface area contributed by atoms with Crippen LogP contribution in [0, 0.1) is 0 Å². The minimum absolute atomic E-state index is 0.0255. The quantitative estimate of drug-likeness (QED) is 0.625. The van der Waals surface area contributed by atoms with E-state index in [2.05, 4.69) is 0 Å². The molecule has 0 spiro atoms. The van der Waals surface area contributed by atoms with E-state index in [0.29, 0.717) is 13.1 Å². The summed E-state index contributed by atoms with van der Waals surface area (Å²) < 4.78 is 12.3. The number of thioether (sulfide) groups is 1. The summed E-state index contributed by atoms with van der Waals surface area (Å²) in [5.74, 6) is 0.0615. The number of likely N-dealkylation sites (tertiary alicyclic amines) is 1. The van der Waals surface area contributed by atoms with Crippen molar-refractivity contribution in [3.8, 4) is 0 Å². The van der Waals surface area contributed by atoms with Gasteiger partial charge in [0.15, 0.2) is 0 Å². The molecule has 0 aromatic heterocycles. The fraction of sp³-hybridized carbons (Fsp3) is 0.857. The molecular formula is C7H12FNOS. The lowest BCUT2D eigenvalue weighted by Gasteiger charge is -2.35.